The Morgan fingerprint density at radius 3 is 2.96 bits per heavy atom. The number of nitrogens with zero attached hydrogens (tertiary/aromatic N) is 2. The van der Waals surface area contributed by atoms with Gasteiger partial charge in [0, 0.05) is 17.3 Å². The lowest BCUT2D eigenvalue weighted by Crippen LogP contribution is -2.15. The monoisotopic (exact) mass is 422 g/mol. The van der Waals surface area contributed by atoms with Crippen molar-refractivity contribution in [2.75, 3.05) is 18.3 Å². The van der Waals surface area contributed by atoms with Crippen molar-refractivity contribution >= 4 is 49.2 Å². The first-order valence-electron chi connectivity index (χ1n) is 8.51. The first-order valence-corrected chi connectivity index (χ1v) is 11.2. The van der Waals surface area contributed by atoms with Crippen LogP contribution in [0.5, 0.6) is 0 Å². The van der Waals surface area contributed by atoms with Gasteiger partial charge in [-0.05, 0) is 62.2 Å². The highest BCUT2D eigenvalue weighted by Gasteiger charge is 2.26. The number of allylic oxidation sites excluding steroid dienone is 1. The van der Waals surface area contributed by atoms with Crippen molar-refractivity contribution in [1.82, 2.24) is 14.7 Å². The van der Waals surface area contributed by atoms with Crippen LogP contribution in [-0.2, 0) is 16.4 Å². The van der Waals surface area contributed by atoms with Crippen LogP contribution >= 0.6 is 22.9 Å². The summed E-state index contributed by atoms with van der Waals surface area (Å²) in [5.74, 6) is 0. The van der Waals surface area contributed by atoms with Gasteiger partial charge >= 0.3 is 0 Å². The highest BCUT2D eigenvalue weighted by molar-refractivity contribution is 7.92. The molecule has 2 heterocycles. The Morgan fingerprint density at radius 2 is 2.19 bits per heavy atom. The lowest BCUT2D eigenvalue weighted by molar-refractivity contribution is 0.596. The number of nitrogens with one attached hydrogen (secondary N) is 2. The van der Waals surface area contributed by atoms with Gasteiger partial charge in [-0.1, -0.05) is 23.2 Å². The van der Waals surface area contributed by atoms with Gasteiger partial charge in [-0.15, -0.1) is 11.3 Å². The van der Waals surface area contributed by atoms with Crippen LogP contribution in [0.1, 0.15) is 24.5 Å². The summed E-state index contributed by atoms with van der Waals surface area (Å²) in [6, 6.07) is 5.69. The summed E-state index contributed by atoms with van der Waals surface area (Å²) in [4.78, 5) is 4.65. The summed E-state index contributed by atoms with van der Waals surface area (Å²) in [5.41, 5.74) is 5.47. The van der Waals surface area contributed by atoms with Crippen LogP contribution in [0.25, 0.3) is 10.5 Å². The molecular formula is C18H19ClN4O2S2. The van der Waals surface area contributed by atoms with E-state index in [1.54, 1.807) is 17.6 Å². The molecule has 0 bridgehead atoms. The molecule has 9 heteroatoms. The van der Waals surface area contributed by atoms with Crippen molar-refractivity contribution < 1.29 is 8.42 Å². The van der Waals surface area contributed by atoms with Crippen molar-refractivity contribution in [2.45, 2.75) is 24.8 Å². The maximum absolute atomic E-state index is 12.9. The van der Waals surface area contributed by atoms with E-state index in [0.717, 1.165) is 24.9 Å². The lowest BCUT2D eigenvalue weighted by atomic mass is 10.0. The maximum atomic E-state index is 12.9. The SMILES string of the molecule is CNCCC1=C(C)Cc2ccc(NS(=O)(=O)c3c(Cl)nc4sccn34)cc21. The van der Waals surface area contributed by atoms with Crippen LogP contribution in [0.3, 0.4) is 0 Å². The summed E-state index contributed by atoms with van der Waals surface area (Å²) in [6.45, 7) is 3.01. The number of thiazole rings is 1. The standard InChI is InChI=1S/C18H19ClN4O2S2/c1-11-9-12-3-4-13(10-15(12)14(11)5-6-20-2)22-27(24,25)17-16(19)21-18-23(17)7-8-26-18/h3-4,7-8,10,20,22H,5-6,9H2,1-2H3. The molecule has 4 rings (SSSR count). The molecule has 1 aliphatic rings. The van der Waals surface area contributed by atoms with Crippen molar-refractivity contribution in [3.63, 3.8) is 0 Å². The number of aromatic nitrogens is 2. The second-order valence-corrected chi connectivity index (χ2v) is 9.36. The molecule has 0 fully saturated rings. The van der Waals surface area contributed by atoms with Gasteiger partial charge in [0.2, 0.25) is 0 Å². The molecule has 142 valence electrons. The Bertz CT molecular complexity index is 1160. The number of fused-ring (bicyclic) bond motifs is 2. The number of sulfonamides is 1. The van der Waals surface area contributed by atoms with E-state index in [-0.39, 0.29) is 10.2 Å². The Labute approximate surface area is 166 Å². The second-order valence-electron chi connectivity index (χ2n) is 6.53. The average molecular weight is 423 g/mol. The van der Waals surface area contributed by atoms with Gasteiger partial charge in [0.15, 0.2) is 15.1 Å². The van der Waals surface area contributed by atoms with Crippen LogP contribution in [0, 0.1) is 0 Å². The molecule has 6 nitrogen and oxygen atoms in total. The van der Waals surface area contributed by atoms with Crippen LogP contribution < -0.4 is 10.0 Å². The Balaban J connectivity index is 1.69. The van der Waals surface area contributed by atoms with Crippen LogP contribution in [0.2, 0.25) is 5.15 Å². The zero-order valence-electron chi connectivity index (χ0n) is 14.9. The number of rotatable bonds is 6. The molecule has 2 N–H and O–H groups in total. The highest BCUT2D eigenvalue weighted by Crippen LogP contribution is 2.37. The number of hydrogen-bond donors (Lipinski definition) is 2. The quantitative estimate of drug-likeness (QED) is 0.633. The third kappa shape index (κ3) is 3.27. The number of benzene rings is 1. The zero-order chi connectivity index (χ0) is 19.2. The van der Waals surface area contributed by atoms with E-state index in [1.807, 2.05) is 19.2 Å². The van der Waals surface area contributed by atoms with Crippen molar-refractivity contribution in [3.8, 4) is 0 Å². The van der Waals surface area contributed by atoms with Gasteiger partial charge in [-0.3, -0.25) is 9.12 Å². The molecule has 0 aliphatic heterocycles. The topological polar surface area (TPSA) is 75.5 Å². The molecular weight excluding hydrogens is 404 g/mol. The smallest absolute Gasteiger partial charge is 0.281 e. The van der Waals surface area contributed by atoms with E-state index in [1.165, 1.54) is 32.4 Å². The normalized spacial score (nSPS) is 14.2. The molecule has 1 aromatic carbocycles. The molecule has 0 saturated heterocycles. The van der Waals surface area contributed by atoms with Gasteiger partial charge in [0.25, 0.3) is 10.0 Å². The molecule has 3 aromatic rings. The summed E-state index contributed by atoms with van der Waals surface area (Å²) in [5, 5.41) is 4.88. The van der Waals surface area contributed by atoms with Crippen molar-refractivity contribution in [2.24, 2.45) is 0 Å². The zero-order valence-corrected chi connectivity index (χ0v) is 17.3. The summed E-state index contributed by atoms with van der Waals surface area (Å²) >= 11 is 7.43. The first-order chi connectivity index (χ1) is 12.9. The maximum Gasteiger partial charge on any atom is 0.281 e. The average Bonchev–Trinajstić information content (AvgIpc) is 3.24. The summed E-state index contributed by atoms with van der Waals surface area (Å²) in [7, 11) is -1.94. The number of anilines is 1. The summed E-state index contributed by atoms with van der Waals surface area (Å²) in [6.07, 6.45) is 3.47. The van der Waals surface area contributed by atoms with E-state index in [4.69, 9.17) is 11.6 Å². The minimum Gasteiger partial charge on any atom is -0.319 e. The Hall–Kier alpha value is -1.87. The molecule has 0 unspecified atom stereocenters. The fourth-order valence-corrected chi connectivity index (χ4v) is 5.98. The van der Waals surface area contributed by atoms with Gasteiger partial charge in [0.1, 0.15) is 0 Å². The fraction of sp³-hybridized carbons (Fsp3) is 0.278. The molecule has 0 spiro atoms. The molecule has 0 atom stereocenters. The predicted molar refractivity (Wildman–Crippen MR) is 110 cm³/mol. The van der Waals surface area contributed by atoms with E-state index in [0.29, 0.717) is 10.6 Å². The molecule has 2 aromatic heterocycles. The minimum absolute atomic E-state index is 0.0269. The molecule has 1 aliphatic carbocycles. The van der Waals surface area contributed by atoms with E-state index >= 15 is 0 Å². The third-order valence-electron chi connectivity index (χ3n) is 4.72. The van der Waals surface area contributed by atoms with E-state index < -0.39 is 10.0 Å². The second kappa shape index (κ2) is 6.94. The van der Waals surface area contributed by atoms with E-state index in [9.17, 15) is 8.42 Å². The molecule has 0 radical (unpaired) electrons. The van der Waals surface area contributed by atoms with Gasteiger partial charge in [0.05, 0.1) is 0 Å². The number of hydrogen-bond acceptors (Lipinski definition) is 5. The van der Waals surface area contributed by atoms with Crippen LogP contribution in [0.4, 0.5) is 5.69 Å². The number of imidazole rings is 1. The molecule has 0 saturated carbocycles. The van der Waals surface area contributed by atoms with Crippen molar-refractivity contribution in [3.05, 3.63) is 51.6 Å². The largest absolute Gasteiger partial charge is 0.319 e. The van der Waals surface area contributed by atoms with Crippen molar-refractivity contribution in [1.29, 1.82) is 0 Å². The predicted octanol–water partition coefficient (Wildman–Crippen LogP) is 3.79. The number of halogens is 1. The summed E-state index contributed by atoms with van der Waals surface area (Å²) < 4.78 is 30.0. The van der Waals surface area contributed by atoms with Gasteiger partial charge in [-0.2, -0.15) is 8.42 Å². The highest BCUT2D eigenvalue weighted by atomic mass is 35.5. The molecule has 27 heavy (non-hydrogen) atoms. The van der Waals surface area contributed by atoms with Gasteiger partial charge < -0.3 is 5.32 Å². The van der Waals surface area contributed by atoms with Crippen LogP contribution in [0.15, 0.2) is 40.4 Å². The fourth-order valence-electron chi connectivity index (χ4n) is 3.48. The van der Waals surface area contributed by atoms with Gasteiger partial charge in [-0.25, -0.2) is 4.98 Å². The lowest BCUT2D eigenvalue weighted by Gasteiger charge is -2.11. The minimum atomic E-state index is -3.87. The Morgan fingerprint density at radius 1 is 1.37 bits per heavy atom. The van der Waals surface area contributed by atoms with Crippen LogP contribution in [-0.4, -0.2) is 31.4 Å². The molecule has 0 amide bonds. The third-order valence-corrected chi connectivity index (χ3v) is 7.25. The first kappa shape index (κ1) is 18.5. The Kier molecular flexibility index (Phi) is 4.75. The van der Waals surface area contributed by atoms with E-state index in [2.05, 4.69) is 21.9 Å².